The molecule has 0 unspecified atom stereocenters. The molecule has 0 fully saturated rings. The largest absolute Gasteiger partial charge is 0.293 e. The molecule has 0 atom stereocenters. The van der Waals surface area contributed by atoms with Gasteiger partial charge in [0.1, 0.15) is 6.33 Å². The Balaban J connectivity index is 1.55. The number of amides is 1. The van der Waals surface area contributed by atoms with Crippen LogP contribution >= 0.6 is 11.6 Å². The van der Waals surface area contributed by atoms with Crippen molar-refractivity contribution in [2.24, 2.45) is 0 Å². The van der Waals surface area contributed by atoms with Crippen molar-refractivity contribution in [1.29, 1.82) is 0 Å². The van der Waals surface area contributed by atoms with Gasteiger partial charge in [0.05, 0.1) is 12.2 Å². The summed E-state index contributed by atoms with van der Waals surface area (Å²) in [6, 6.07) is 9.53. The molecule has 0 aliphatic carbocycles. The summed E-state index contributed by atoms with van der Waals surface area (Å²) in [5.41, 5.74) is 2.92. The number of hydrogen-bond acceptors (Lipinski definition) is 4. The van der Waals surface area contributed by atoms with Gasteiger partial charge in [-0.2, -0.15) is 5.10 Å². The van der Waals surface area contributed by atoms with Crippen LogP contribution in [0.5, 0.6) is 0 Å². The molecule has 1 amide bonds. The van der Waals surface area contributed by atoms with Gasteiger partial charge in [0.15, 0.2) is 0 Å². The maximum Gasteiger partial charge on any atom is 0.248 e. The molecule has 0 aliphatic rings. The summed E-state index contributed by atoms with van der Waals surface area (Å²) in [5.74, 6) is 0.133. The van der Waals surface area contributed by atoms with Crippen LogP contribution in [0.15, 0.2) is 36.7 Å². The van der Waals surface area contributed by atoms with E-state index < -0.39 is 0 Å². The molecule has 0 radical (unpaired) electrons. The number of halogens is 1. The average molecular weight is 359 g/mol. The number of nitrogens with zero attached hydrogens (tertiary/aromatic N) is 5. The Morgan fingerprint density at radius 2 is 2.04 bits per heavy atom. The Labute approximate surface area is 150 Å². The van der Waals surface area contributed by atoms with E-state index >= 15 is 0 Å². The van der Waals surface area contributed by atoms with Crippen LogP contribution in [-0.2, 0) is 17.9 Å². The van der Waals surface area contributed by atoms with Crippen LogP contribution in [-0.4, -0.2) is 30.5 Å². The van der Waals surface area contributed by atoms with Gasteiger partial charge in [-0.05, 0) is 31.5 Å². The predicted molar refractivity (Wildman–Crippen MR) is 95.5 cm³/mol. The van der Waals surface area contributed by atoms with E-state index in [1.165, 1.54) is 0 Å². The van der Waals surface area contributed by atoms with E-state index in [1.54, 1.807) is 11.0 Å². The lowest BCUT2D eigenvalue weighted by Gasteiger charge is -2.04. The molecule has 7 nitrogen and oxygen atoms in total. The maximum absolute atomic E-state index is 12.1. The van der Waals surface area contributed by atoms with Gasteiger partial charge in [-0.25, -0.2) is 9.67 Å². The third-order valence-electron chi connectivity index (χ3n) is 3.73. The van der Waals surface area contributed by atoms with Crippen molar-refractivity contribution in [2.45, 2.75) is 33.4 Å². The summed E-state index contributed by atoms with van der Waals surface area (Å²) in [4.78, 5) is 16.2. The zero-order valence-electron chi connectivity index (χ0n) is 14.1. The molecule has 1 aromatic carbocycles. The smallest absolute Gasteiger partial charge is 0.248 e. The Hall–Kier alpha value is -2.67. The van der Waals surface area contributed by atoms with Crippen molar-refractivity contribution in [3.63, 3.8) is 0 Å². The van der Waals surface area contributed by atoms with Crippen molar-refractivity contribution in [2.75, 3.05) is 5.32 Å². The molecule has 130 valence electrons. The minimum absolute atomic E-state index is 0.150. The minimum atomic E-state index is -0.150. The monoisotopic (exact) mass is 358 g/mol. The number of nitrogens with one attached hydrogen (secondary N) is 1. The molecular weight excluding hydrogens is 340 g/mol. The summed E-state index contributed by atoms with van der Waals surface area (Å²) in [5, 5.41) is 12.0. The molecule has 2 heterocycles. The molecular formula is C17H19ClN6O. The highest BCUT2D eigenvalue weighted by Gasteiger charge is 2.09. The molecule has 8 heteroatoms. The predicted octanol–water partition coefficient (Wildman–Crippen LogP) is 2.82. The van der Waals surface area contributed by atoms with Crippen molar-refractivity contribution < 1.29 is 4.79 Å². The lowest BCUT2D eigenvalue weighted by atomic mass is 10.2. The Morgan fingerprint density at radius 3 is 2.76 bits per heavy atom. The van der Waals surface area contributed by atoms with Crippen LogP contribution < -0.4 is 5.32 Å². The molecule has 0 bridgehead atoms. The number of carbonyl (C=O) groups is 1. The molecule has 0 spiro atoms. The second-order valence-corrected chi connectivity index (χ2v) is 6.21. The van der Waals surface area contributed by atoms with Crippen molar-refractivity contribution in [3.05, 3.63) is 58.6 Å². The number of carbonyl (C=O) groups excluding carboxylic acids is 1. The van der Waals surface area contributed by atoms with E-state index in [0.29, 0.717) is 24.5 Å². The first kappa shape index (κ1) is 17.2. The van der Waals surface area contributed by atoms with Gasteiger partial charge in [-0.15, -0.1) is 5.10 Å². The molecule has 2 aromatic heterocycles. The van der Waals surface area contributed by atoms with Crippen LogP contribution in [0.25, 0.3) is 0 Å². The molecule has 3 aromatic rings. The normalized spacial score (nSPS) is 10.8. The van der Waals surface area contributed by atoms with Gasteiger partial charge in [0.2, 0.25) is 11.9 Å². The molecule has 25 heavy (non-hydrogen) atoms. The van der Waals surface area contributed by atoms with E-state index in [1.807, 2.05) is 48.9 Å². The highest BCUT2D eigenvalue weighted by atomic mass is 35.5. The first-order valence-corrected chi connectivity index (χ1v) is 8.33. The van der Waals surface area contributed by atoms with Crippen LogP contribution in [0.3, 0.4) is 0 Å². The number of hydrogen-bond donors (Lipinski definition) is 1. The van der Waals surface area contributed by atoms with Gasteiger partial charge < -0.3 is 0 Å². The fourth-order valence-electron chi connectivity index (χ4n) is 2.53. The minimum Gasteiger partial charge on any atom is -0.293 e. The zero-order chi connectivity index (χ0) is 17.8. The zero-order valence-corrected chi connectivity index (χ0v) is 14.9. The van der Waals surface area contributed by atoms with E-state index in [0.717, 1.165) is 17.0 Å². The maximum atomic E-state index is 12.1. The van der Waals surface area contributed by atoms with Crippen LogP contribution in [0.4, 0.5) is 5.95 Å². The van der Waals surface area contributed by atoms with Crippen molar-refractivity contribution in [3.8, 4) is 0 Å². The SMILES string of the molecule is Cc1cc(C)n(CCC(=O)Nc2ncn(Cc3ccccc3Cl)n2)n1. The molecule has 0 aliphatic heterocycles. The third kappa shape index (κ3) is 4.45. The van der Waals surface area contributed by atoms with Gasteiger partial charge >= 0.3 is 0 Å². The molecule has 1 N–H and O–H groups in total. The average Bonchev–Trinajstić information content (AvgIpc) is 3.13. The second kappa shape index (κ2) is 7.48. The topological polar surface area (TPSA) is 77.6 Å². The number of anilines is 1. The summed E-state index contributed by atoms with van der Waals surface area (Å²) in [6.45, 7) is 4.91. The summed E-state index contributed by atoms with van der Waals surface area (Å²) in [7, 11) is 0. The second-order valence-electron chi connectivity index (χ2n) is 5.81. The number of aryl methyl sites for hydroxylation is 3. The van der Waals surface area contributed by atoms with E-state index in [4.69, 9.17) is 11.6 Å². The third-order valence-corrected chi connectivity index (χ3v) is 4.10. The van der Waals surface area contributed by atoms with Gasteiger partial charge in [-0.1, -0.05) is 29.8 Å². The summed E-state index contributed by atoms with van der Waals surface area (Å²) < 4.78 is 3.45. The summed E-state index contributed by atoms with van der Waals surface area (Å²) in [6.07, 6.45) is 1.88. The number of benzene rings is 1. The summed E-state index contributed by atoms with van der Waals surface area (Å²) >= 11 is 6.14. The van der Waals surface area contributed by atoms with Gasteiger partial charge in [-0.3, -0.25) is 14.8 Å². The highest BCUT2D eigenvalue weighted by molar-refractivity contribution is 6.31. The van der Waals surface area contributed by atoms with Crippen LogP contribution in [0.2, 0.25) is 5.02 Å². The number of rotatable bonds is 6. The fraction of sp³-hybridized carbons (Fsp3) is 0.294. The molecule has 0 saturated carbocycles. The standard InChI is InChI=1S/C17H19ClN6O/c1-12-9-13(2)24(21-12)8-7-16(25)20-17-19-11-23(22-17)10-14-5-3-4-6-15(14)18/h3-6,9,11H,7-8,10H2,1-2H3,(H,20,22,25). The first-order chi connectivity index (χ1) is 12.0. The van der Waals surface area contributed by atoms with Crippen molar-refractivity contribution >= 4 is 23.5 Å². The molecule has 3 rings (SSSR count). The fourth-order valence-corrected chi connectivity index (χ4v) is 2.72. The Bertz CT molecular complexity index is 885. The van der Waals surface area contributed by atoms with Crippen molar-refractivity contribution in [1.82, 2.24) is 24.5 Å². The Morgan fingerprint density at radius 1 is 1.24 bits per heavy atom. The lowest BCUT2D eigenvalue weighted by molar-refractivity contribution is -0.116. The van der Waals surface area contributed by atoms with Crippen LogP contribution in [0, 0.1) is 13.8 Å². The lowest BCUT2D eigenvalue weighted by Crippen LogP contribution is -2.16. The van der Waals surface area contributed by atoms with E-state index in [-0.39, 0.29) is 11.9 Å². The van der Waals surface area contributed by atoms with Gasteiger partial charge in [0, 0.05) is 23.7 Å². The Kier molecular flexibility index (Phi) is 5.14. The first-order valence-electron chi connectivity index (χ1n) is 7.95. The highest BCUT2D eigenvalue weighted by Crippen LogP contribution is 2.16. The molecule has 0 saturated heterocycles. The van der Waals surface area contributed by atoms with Gasteiger partial charge in [0.25, 0.3) is 0 Å². The van der Waals surface area contributed by atoms with Crippen LogP contribution in [0.1, 0.15) is 23.4 Å². The number of aromatic nitrogens is 5. The van der Waals surface area contributed by atoms with E-state index in [2.05, 4.69) is 20.5 Å². The quantitative estimate of drug-likeness (QED) is 0.735. The van der Waals surface area contributed by atoms with E-state index in [9.17, 15) is 4.79 Å².